The molecule has 0 aliphatic heterocycles. The maximum absolute atomic E-state index is 12.9. The fraction of sp³-hybridized carbons (Fsp3) is 0.148. The lowest BCUT2D eigenvalue weighted by Crippen LogP contribution is -2.30. The molecule has 0 saturated heterocycles. The van der Waals surface area contributed by atoms with Crippen LogP contribution in [0.1, 0.15) is 18.1 Å². The minimum atomic E-state index is -3.80. The first-order valence-electron chi connectivity index (χ1n) is 10.9. The molecular weight excluding hydrogens is 448 g/mol. The maximum Gasteiger partial charge on any atom is 0.265 e. The highest BCUT2D eigenvalue weighted by molar-refractivity contribution is 7.92. The molecule has 34 heavy (non-hydrogen) atoms. The molecule has 4 aromatic carbocycles. The van der Waals surface area contributed by atoms with Crippen molar-refractivity contribution in [3.05, 3.63) is 96.1 Å². The molecule has 7 heteroatoms. The second kappa shape index (κ2) is 9.57. The van der Waals surface area contributed by atoms with E-state index in [0.717, 1.165) is 21.9 Å². The summed E-state index contributed by atoms with van der Waals surface area (Å²) in [6, 6.07) is 24.7. The number of hydrogen-bond acceptors (Lipinski definition) is 4. The Morgan fingerprint density at radius 2 is 1.56 bits per heavy atom. The van der Waals surface area contributed by atoms with Gasteiger partial charge in [0.25, 0.3) is 15.9 Å². The first-order chi connectivity index (χ1) is 16.2. The highest BCUT2D eigenvalue weighted by Gasteiger charge is 2.18. The number of fused-ring (bicyclic) bond motifs is 1. The van der Waals surface area contributed by atoms with E-state index in [9.17, 15) is 13.2 Å². The van der Waals surface area contributed by atoms with E-state index >= 15 is 0 Å². The minimum absolute atomic E-state index is 0.0952. The smallest absolute Gasteiger partial charge is 0.265 e. The number of benzene rings is 4. The molecule has 0 unspecified atom stereocenters. The summed E-state index contributed by atoms with van der Waals surface area (Å²) >= 11 is 0. The molecule has 4 rings (SSSR count). The monoisotopic (exact) mass is 474 g/mol. The SMILES string of the molecule is Cc1ccc(O[C@H](C)C(=O)Nc2ccc(S(=O)(=O)Nc3cccc4ccccc34)cc2)cc1C. The van der Waals surface area contributed by atoms with Gasteiger partial charge in [0.2, 0.25) is 0 Å². The van der Waals surface area contributed by atoms with Crippen LogP contribution in [0.4, 0.5) is 11.4 Å². The van der Waals surface area contributed by atoms with Gasteiger partial charge < -0.3 is 10.1 Å². The van der Waals surface area contributed by atoms with Crippen molar-refractivity contribution in [3.8, 4) is 5.75 Å². The minimum Gasteiger partial charge on any atom is -0.481 e. The van der Waals surface area contributed by atoms with E-state index < -0.39 is 16.1 Å². The van der Waals surface area contributed by atoms with Crippen LogP contribution in [0.5, 0.6) is 5.75 Å². The van der Waals surface area contributed by atoms with E-state index in [4.69, 9.17) is 4.74 Å². The number of carbonyl (C=O) groups is 1. The van der Waals surface area contributed by atoms with Crippen LogP contribution < -0.4 is 14.8 Å². The second-order valence-electron chi connectivity index (χ2n) is 8.15. The molecule has 0 radical (unpaired) electrons. The van der Waals surface area contributed by atoms with Gasteiger partial charge in [-0.25, -0.2) is 8.42 Å². The largest absolute Gasteiger partial charge is 0.481 e. The van der Waals surface area contributed by atoms with Gasteiger partial charge in [0, 0.05) is 11.1 Å². The molecule has 0 aliphatic rings. The summed E-state index contributed by atoms with van der Waals surface area (Å²) in [6.45, 7) is 5.66. The van der Waals surface area contributed by atoms with Crippen LogP contribution in [0.3, 0.4) is 0 Å². The van der Waals surface area contributed by atoms with Crippen molar-refractivity contribution in [3.63, 3.8) is 0 Å². The molecule has 0 aromatic heterocycles. The summed E-state index contributed by atoms with van der Waals surface area (Å²) in [4.78, 5) is 12.6. The third kappa shape index (κ3) is 5.21. The fourth-order valence-corrected chi connectivity index (χ4v) is 4.60. The Labute approximate surface area is 199 Å². The zero-order valence-electron chi connectivity index (χ0n) is 19.2. The summed E-state index contributed by atoms with van der Waals surface area (Å²) in [5, 5.41) is 4.52. The summed E-state index contributed by atoms with van der Waals surface area (Å²) < 4.78 is 34.2. The highest BCUT2D eigenvalue weighted by Crippen LogP contribution is 2.26. The fourth-order valence-electron chi connectivity index (χ4n) is 3.52. The van der Waals surface area contributed by atoms with Crippen molar-refractivity contribution in [1.29, 1.82) is 0 Å². The molecule has 0 fully saturated rings. The van der Waals surface area contributed by atoms with Gasteiger partial charge in [0.05, 0.1) is 10.6 Å². The first kappa shape index (κ1) is 23.3. The van der Waals surface area contributed by atoms with Crippen molar-refractivity contribution in [1.82, 2.24) is 0 Å². The Bertz CT molecular complexity index is 1440. The molecule has 1 atom stereocenters. The summed E-state index contributed by atoms with van der Waals surface area (Å²) in [7, 11) is -3.80. The van der Waals surface area contributed by atoms with E-state index in [1.54, 1.807) is 31.2 Å². The van der Waals surface area contributed by atoms with Crippen LogP contribution in [0.15, 0.2) is 89.8 Å². The first-order valence-corrected chi connectivity index (χ1v) is 12.4. The lowest BCUT2D eigenvalue weighted by atomic mass is 10.1. The lowest BCUT2D eigenvalue weighted by molar-refractivity contribution is -0.122. The molecule has 0 spiro atoms. The Hall–Kier alpha value is -3.84. The average molecular weight is 475 g/mol. The van der Waals surface area contributed by atoms with Crippen LogP contribution in [0.2, 0.25) is 0 Å². The number of hydrogen-bond donors (Lipinski definition) is 2. The topological polar surface area (TPSA) is 84.5 Å². The molecular formula is C27H26N2O4S. The number of rotatable bonds is 7. The molecule has 4 aromatic rings. The van der Waals surface area contributed by atoms with E-state index in [1.807, 2.05) is 62.4 Å². The predicted octanol–water partition coefficient (Wildman–Crippen LogP) is 5.66. The number of sulfonamides is 1. The number of nitrogens with one attached hydrogen (secondary N) is 2. The number of carbonyl (C=O) groups excluding carboxylic acids is 1. The Morgan fingerprint density at radius 3 is 2.29 bits per heavy atom. The molecule has 0 bridgehead atoms. The molecule has 6 nitrogen and oxygen atoms in total. The second-order valence-corrected chi connectivity index (χ2v) is 9.83. The van der Waals surface area contributed by atoms with Gasteiger partial charge >= 0.3 is 0 Å². The van der Waals surface area contributed by atoms with Crippen molar-refractivity contribution in [2.75, 3.05) is 10.0 Å². The Morgan fingerprint density at radius 1 is 0.853 bits per heavy atom. The van der Waals surface area contributed by atoms with Crippen LogP contribution in [-0.2, 0) is 14.8 Å². The molecule has 0 heterocycles. The summed E-state index contributed by atoms with van der Waals surface area (Å²) in [5.41, 5.74) is 3.21. The van der Waals surface area contributed by atoms with Gasteiger partial charge in [-0.2, -0.15) is 0 Å². The van der Waals surface area contributed by atoms with E-state index in [1.165, 1.54) is 12.1 Å². The summed E-state index contributed by atoms with van der Waals surface area (Å²) in [5.74, 6) is 0.286. The van der Waals surface area contributed by atoms with Crippen molar-refractivity contribution in [2.24, 2.45) is 0 Å². The molecule has 2 N–H and O–H groups in total. The van der Waals surface area contributed by atoms with Gasteiger partial charge in [-0.1, -0.05) is 42.5 Å². The zero-order valence-corrected chi connectivity index (χ0v) is 20.0. The number of ether oxygens (including phenoxy) is 1. The van der Waals surface area contributed by atoms with Gasteiger partial charge in [-0.05, 0) is 79.7 Å². The molecule has 0 aliphatic carbocycles. The molecule has 174 valence electrons. The zero-order chi connectivity index (χ0) is 24.3. The van der Waals surface area contributed by atoms with Gasteiger partial charge in [-0.15, -0.1) is 0 Å². The number of aryl methyl sites for hydroxylation is 2. The van der Waals surface area contributed by atoms with Crippen LogP contribution in [-0.4, -0.2) is 20.4 Å². The Balaban J connectivity index is 1.43. The number of amides is 1. The lowest BCUT2D eigenvalue weighted by Gasteiger charge is -2.16. The van der Waals surface area contributed by atoms with E-state index in [2.05, 4.69) is 10.0 Å². The third-order valence-electron chi connectivity index (χ3n) is 5.63. The maximum atomic E-state index is 12.9. The third-order valence-corrected chi connectivity index (χ3v) is 7.01. The normalized spacial score (nSPS) is 12.2. The van der Waals surface area contributed by atoms with Gasteiger partial charge in [0.1, 0.15) is 5.75 Å². The Kier molecular flexibility index (Phi) is 6.56. The predicted molar refractivity (Wildman–Crippen MR) is 136 cm³/mol. The van der Waals surface area contributed by atoms with Gasteiger partial charge in [-0.3, -0.25) is 9.52 Å². The van der Waals surface area contributed by atoms with Crippen LogP contribution in [0, 0.1) is 13.8 Å². The van der Waals surface area contributed by atoms with Crippen molar-refractivity contribution in [2.45, 2.75) is 31.8 Å². The molecule has 1 amide bonds. The number of anilines is 2. The molecule has 0 saturated carbocycles. The van der Waals surface area contributed by atoms with E-state index in [-0.39, 0.29) is 10.8 Å². The van der Waals surface area contributed by atoms with Crippen LogP contribution in [0.25, 0.3) is 10.8 Å². The van der Waals surface area contributed by atoms with Crippen LogP contribution >= 0.6 is 0 Å². The van der Waals surface area contributed by atoms with Crippen molar-refractivity contribution < 1.29 is 17.9 Å². The van der Waals surface area contributed by atoms with E-state index in [0.29, 0.717) is 17.1 Å². The average Bonchev–Trinajstić information content (AvgIpc) is 2.82. The summed E-state index contributed by atoms with van der Waals surface area (Å²) in [6.07, 6.45) is -0.724. The quantitative estimate of drug-likeness (QED) is 0.362. The standard InChI is InChI=1S/C27H26N2O4S/c1-18-11-14-23(17-19(18)2)33-20(3)27(30)28-22-12-15-24(16-13-22)34(31,32)29-26-10-6-8-21-7-4-5-9-25(21)26/h4-17,20,29H,1-3H3,(H,28,30)/t20-/m1/s1. The van der Waals surface area contributed by atoms with Crippen molar-refractivity contribution >= 4 is 38.1 Å². The highest BCUT2D eigenvalue weighted by atomic mass is 32.2. The van der Waals surface area contributed by atoms with Gasteiger partial charge in [0.15, 0.2) is 6.10 Å².